The molecular formula is C11H15N7O2. The summed E-state index contributed by atoms with van der Waals surface area (Å²) in [6.07, 6.45) is 1.64. The molecule has 20 heavy (non-hydrogen) atoms. The fraction of sp³-hybridized carbons (Fsp3) is 0.455. The van der Waals surface area contributed by atoms with Crippen molar-refractivity contribution in [2.24, 2.45) is 5.73 Å². The van der Waals surface area contributed by atoms with Gasteiger partial charge < -0.3 is 20.7 Å². The summed E-state index contributed by atoms with van der Waals surface area (Å²) in [4.78, 5) is 22.1. The third kappa shape index (κ3) is 2.01. The molecule has 1 amide bonds. The first-order valence-corrected chi connectivity index (χ1v) is 6.23. The van der Waals surface area contributed by atoms with Crippen LogP contribution in [-0.2, 0) is 9.53 Å². The normalized spacial score (nSPS) is 19.2. The van der Waals surface area contributed by atoms with Gasteiger partial charge in [0, 0.05) is 13.6 Å². The second kappa shape index (κ2) is 4.93. The van der Waals surface area contributed by atoms with Crippen molar-refractivity contribution in [2.75, 3.05) is 37.0 Å². The SMILES string of the molecule is CNc1nc(N2CCOCC2C(N)=O)c2cn[nH]c2n1. The smallest absolute Gasteiger partial charge is 0.242 e. The molecule has 0 bridgehead atoms. The van der Waals surface area contributed by atoms with Gasteiger partial charge in [-0.05, 0) is 0 Å². The molecule has 0 saturated carbocycles. The summed E-state index contributed by atoms with van der Waals surface area (Å²) < 4.78 is 5.32. The zero-order valence-corrected chi connectivity index (χ0v) is 11.0. The minimum Gasteiger partial charge on any atom is -0.377 e. The second-order valence-corrected chi connectivity index (χ2v) is 4.44. The Bertz CT molecular complexity index is 641. The van der Waals surface area contributed by atoms with E-state index in [0.29, 0.717) is 30.6 Å². The first-order valence-electron chi connectivity index (χ1n) is 6.23. The maximum absolute atomic E-state index is 11.6. The van der Waals surface area contributed by atoms with Gasteiger partial charge in [-0.1, -0.05) is 0 Å². The van der Waals surface area contributed by atoms with E-state index in [0.717, 1.165) is 5.39 Å². The molecule has 0 spiro atoms. The number of hydrogen-bond donors (Lipinski definition) is 3. The van der Waals surface area contributed by atoms with Crippen LogP contribution in [0, 0.1) is 0 Å². The number of fused-ring (bicyclic) bond motifs is 1. The Labute approximate surface area is 114 Å². The molecule has 1 aliphatic rings. The van der Waals surface area contributed by atoms with Crippen LogP contribution in [0.25, 0.3) is 11.0 Å². The fourth-order valence-corrected chi connectivity index (χ4v) is 2.24. The Morgan fingerprint density at radius 2 is 2.45 bits per heavy atom. The number of morpholine rings is 1. The molecule has 0 radical (unpaired) electrons. The van der Waals surface area contributed by atoms with Gasteiger partial charge in [-0.15, -0.1) is 0 Å². The highest BCUT2D eigenvalue weighted by atomic mass is 16.5. The number of amides is 1. The molecule has 1 unspecified atom stereocenters. The lowest BCUT2D eigenvalue weighted by atomic mass is 10.2. The second-order valence-electron chi connectivity index (χ2n) is 4.44. The van der Waals surface area contributed by atoms with E-state index in [4.69, 9.17) is 10.5 Å². The highest BCUT2D eigenvalue weighted by Crippen LogP contribution is 2.26. The topological polar surface area (TPSA) is 122 Å². The van der Waals surface area contributed by atoms with Crippen molar-refractivity contribution in [1.29, 1.82) is 0 Å². The minimum atomic E-state index is -0.540. The Morgan fingerprint density at radius 1 is 1.60 bits per heavy atom. The van der Waals surface area contributed by atoms with E-state index in [9.17, 15) is 4.79 Å². The van der Waals surface area contributed by atoms with Crippen LogP contribution in [0.2, 0.25) is 0 Å². The number of aromatic nitrogens is 4. The number of primary amides is 1. The number of nitrogens with one attached hydrogen (secondary N) is 2. The highest BCUT2D eigenvalue weighted by molar-refractivity contribution is 5.91. The molecule has 0 aliphatic carbocycles. The Balaban J connectivity index is 2.11. The standard InChI is InChI=1S/C11H15N7O2/c1-13-11-15-9-6(4-14-17-9)10(16-11)18-2-3-20-5-7(18)8(12)19/h4,7H,2-3,5H2,1H3,(H2,12,19)(H2,13,14,15,16,17). The highest BCUT2D eigenvalue weighted by Gasteiger charge is 2.30. The van der Waals surface area contributed by atoms with E-state index in [1.165, 1.54) is 0 Å². The van der Waals surface area contributed by atoms with Gasteiger partial charge in [-0.25, -0.2) is 0 Å². The predicted molar refractivity (Wildman–Crippen MR) is 72.4 cm³/mol. The van der Waals surface area contributed by atoms with Gasteiger partial charge in [0.05, 0.1) is 24.8 Å². The van der Waals surface area contributed by atoms with E-state index in [-0.39, 0.29) is 6.61 Å². The van der Waals surface area contributed by atoms with Gasteiger partial charge in [-0.3, -0.25) is 9.89 Å². The summed E-state index contributed by atoms with van der Waals surface area (Å²) in [5.41, 5.74) is 6.05. The number of carbonyl (C=O) groups is 1. The number of rotatable bonds is 3. The predicted octanol–water partition coefficient (Wildman–Crippen LogP) is -0.915. The molecule has 0 aromatic carbocycles. The van der Waals surface area contributed by atoms with Crippen LogP contribution in [0.3, 0.4) is 0 Å². The molecule has 3 heterocycles. The number of carbonyl (C=O) groups excluding carboxylic acids is 1. The van der Waals surface area contributed by atoms with Crippen molar-refractivity contribution in [2.45, 2.75) is 6.04 Å². The molecule has 9 heteroatoms. The largest absolute Gasteiger partial charge is 0.377 e. The number of nitrogens with two attached hydrogens (primary N) is 1. The molecule has 106 valence electrons. The molecule has 1 fully saturated rings. The van der Waals surface area contributed by atoms with Crippen LogP contribution in [0.15, 0.2) is 6.20 Å². The molecule has 2 aromatic rings. The number of hydrogen-bond acceptors (Lipinski definition) is 7. The van der Waals surface area contributed by atoms with Gasteiger partial charge in [-0.2, -0.15) is 15.1 Å². The molecular weight excluding hydrogens is 262 g/mol. The average molecular weight is 277 g/mol. The van der Waals surface area contributed by atoms with Crippen molar-refractivity contribution in [3.05, 3.63) is 6.20 Å². The van der Waals surface area contributed by atoms with Crippen molar-refractivity contribution in [3.8, 4) is 0 Å². The van der Waals surface area contributed by atoms with Crippen LogP contribution < -0.4 is 16.0 Å². The summed E-state index contributed by atoms with van der Waals surface area (Å²) in [5.74, 6) is 0.637. The third-order valence-corrected chi connectivity index (χ3v) is 3.24. The van der Waals surface area contributed by atoms with E-state index in [1.807, 2.05) is 4.90 Å². The number of nitrogens with zero attached hydrogens (tertiary/aromatic N) is 4. The summed E-state index contributed by atoms with van der Waals surface area (Å²) >= 11 is 0. The molecule has 1 saturated heterocycles. The number of aromatic amines is 1. The molecule has 4 N–H and O–H groups in total. The van der Waals surface area contributed by atoms with Crippen molar-refractivity contribution >= 4 is 28.7 Å². The molecule has 1 atom stereocenters. The lowest BCUT2D eigenvalue weighted by Gasteiger charge is -2.34. The quantitative estimate of drug-likeness (QED) is 0.663. The molecule has 1 aliphatic heterocycles. The summed E-state index contributed by atoms with van der Waals surface area (Å²) in [7, 11) is 1.73. The first kappa shape index (κ1) is 12.6. The Kier molecular flexibility index (Phi) is 3.11. The van der Waals surface area contributed by atoms with Crippen molar-refractivity contribution in [3.63, 3.8) is 0 Å². The maximum atomic E-state index is 11.6. The van der Waals surface area contributed by atoms with E-state index < -0.39 is 11.9 Å². The van der Waals surface area contributed by atoms with E-state index in [2.05, 4.69) is 25.5 Å². The summed E-state index contributed by atoms with van der Waals surface area (Å²) in [5, 5.41) is 10.4. The van der Waals surface area contributed by atoms with Gasteiger partial charge >= 0.3 is 0 Å². The number of ether oxygens (including phenoxy) is 1. The van der Waals surface area contributed by atoms with Crippen LogP contribution >= 0.6 is 0 Å². The van der Waals surface area contributed by atoms with E-state index in [1.54, 1.807) is 13.2 Å². The monoisotopic (exact) mass is 277 g/mol. The average Bonchev–Trinajstić information content (AvgIpc) is 2.94. The van der Waals surface area contributed by atoms with Crippen molar-refractivity contribution in [1.82, 2.24) is 20.2 Å². The summed E-state index contributed by atoms with van der Waals surface area (Å²) in [6.45, 7) is 1.31. The molecule has 2 aromatic heterocycles. The lowest BCUT2D eigenvalue weighted by Crippen LogP contribution is -2.53. The lowest BCUT2D eigenvalue weighted by molar-refractivity contribution is -0.121. The van der Waals surface area contributed by atoms with Gasteiger partial charge in [0.25, 0.3) is 0 Å². The number of anilines is 2. The van der Waals surface area contributed by atoms with Crippen LogP contribution in [-0.4, -0.2) is 58.9 Å². The number of H-pyrrole nitrogens is 1. The van der Waals surface area contributed by atoms with Gasteiger partial charge in [0.1, 0.15) is 11.9 Å². The fourth-order valence-electron chi connectivity index (χ4n) is 2.24. The van der Waals surface area contributed by atoms with Crippen LogP contribution in [0.4, 0.5) is 11.8 Å². The first-order chi connectivity index (χ1) is 9.70. The van der Waals surface area contributed by atoms with Gasteiger partial charge in [0.15, 0.2) is 5.65 Å². The van der Waals surface area contributed by atoms with Gasteiger partial charge in [0.2, 0.25) is 11.9 Å². The summed E-state index contributed by atoms with van der Waals surface area (Å²) in [6, 6.07) is -0.540. The Morgan fingerprint density at radius 3 is 3.20 bits per heavy atom. The van der Waals surface area contributed by atoms with Crippen LogP contribution in [0.5, 0.6) is 0 Å². The minimum absolute atomic E-state index is 0.258. The zero-order valence-electron chi connectivity index (χ0n) is 11.0. The maximum Gasteiger partial charge on any atom is 0.242 e. The Hall–Kier alpha value is -2.42. The van der Waals surface area contributed by atoms with Crippen molar-refractivity contribution < 1.29 is 9.53 Å². The molecule has 3 rings (SSSR count). The molecule has 9 nitrogen and oxygen atoms in total. The van der Waals surface area contributed by atoms with Crippen LogP contribution in [0.1, 0.15) is 0 Å². The third-order valence-electron chi connectivity index (χ3n) is 3.24. The van der Waals surface area contributed by atoms with E-state index >= 15 is 0 Å². The zero-order chi connectivity index (χ0) is 14.1.